The number of fused-ring (bicyclic) bond motifs is 1. The van der Waals surface area contributed by atoms with Crippen LogP contribution in [0.2, 0.25) is 0 Å². The van der Waals surface area contributed by atoms with E-state index in [1.807, 2.05) is 39.0 Å². The molecule has 0 saturated heterocycles. The van der Waals surface area contributed by atoms with Gasteiger partial charge in [-0.2, -0.15) is 0 Å². The Balaban J connectivity index is 2.42. The van der Waals surface area contributed by atoms with Crippen LogP contribution in [-0.2, 0) is 0 Å². The molecule has 0 aliphatic carbocycles. The second-order valence-corrected chi connectivity index (χ2v) is 4.31. The van der Waals surface area contributed by atoms with Crippen molar-refractivity contribution in [1.29, 1.82) is 0 Å². The lowest BCUT2D eigenvalue weighted by molar-refractivity contribution is 0.0927. The largest absolute Gasteiger partial charge is 0.451 e. The third kappa shape index (κ3) is 2.18. The maximum atomic E-state index is 11.9. The van der Waals surface area contributed by atoms with Crippen molar-refractivity contribution in [3.8, 4) is 0 Å². The van der Waals surface area contributed by atoms with Gasteiger partial charge in [-0.05, 0) is 32.4 Å². The average molecular weight is 231 g/mol. The summed E-state index contributed by atoms with van der Waals surface area (Å²) >= 11 is 0. The van der Waals surface area contributed by atoms with E-state index in [-0.39, 0.29) is 5.91 Å². The lowest BCUT2D eigenvalue weighted by atomic mass is 10.1. The molecule has 1 amide bonds. The number of nitrogens with one attached hydrogen (secondary N) is 1. The van der Waals surface area contributed by atoms with E-state index >= 15 is 0 Å². The minimum absolute atomic E-state index is 0.127. The second kappa shape index (κ2) is 4.62. The SMILES string of the molecule is CCCNC(=O)c1oc2ccc(C)cc2c1C. The van der Waals surface area contributed by atoms with Gasteiger partial charge in [0.15, 0.2) is 5.76 Å². The van der Waals surface area contributed by atoms with Crippen LogP contribution in [0, 0.1) is 13.8 Å². The smallest absolute Gasteiger partial charge is 0.287 e. The van der Waals surface area contributed by atoms with Gasteiger partial charge >= 0.3 is 0 Å². The highest BCUT2D eigenvalue weighted by Gasteiger charge is 2.16. The summed E-state index contributed by atoms with van der Waals surface area (Å²) in [6, 6.07) is 5.94. The average Bonchev–Trinajstić information content (AvgIpc) is 2.64. The number of amides is 1. The quantitative estimate of drug-likeness (QED) is 0.881. The predicted molar refractivity (Wildman–Crippen MR) is 68.3 cm³/mol. The van der Waals surface area contributed by atoms with Gasteiger partial charge < -0.3 is 9.73 Å². The van der Waals surface area contributed by atoms with Crippen molar-refractivity contribution < 1.29 is 9.21 Å². The molecule has 0 spiro atoms. The highest BCUT2D eigenvalue weighted by atomic mass is 16.3. The Bertz CT molecular complexity index is 555. The summed E-state index contributed by atoms with van der Waals surface area (Å²) in [5, 5.41) is 3.85. The van der Waals surface area contributed by atoms with E-state index in [1.54, 1.807) is 0 Å². The van der Waals surface area contributed by atoms with Crippen molar-refractivity contribution in [3.05, 3.63) is 35.1 Å². The van der Waals surface area contributed by atoms with Crippen LogP contribution in [0.1, 0.15) is 35.0 Å². The first-order valence-corrected chi connectivity index (χ1v) is 5.91. The van der Waals surface area contributed by atoms with E-state index in [2.05, 4.69) is 5.32 Å². The fourth-order valence-corrected chi connectivity index (χ4v) is 1.87. The van der Waals surface area contributed by atoms with Crippen molar-refractivity contribution in [2.75, 3.05) is 6.54 Å². The Morgan fingerprint density at radius 1 is 1.35 bits per heavy atom. The molecular weight excluding hydrogens is 214 g/mol. The van der Waals surface area contributed by atoms with Crippen molar-refractivity contribution >= 4 is 16.9 Å². The van der Waals surface area contributed by atoms with Gasteiger partial charge in [0.05, 0.1) is 0 Å². The zero-order chi connectivity index (χ0) is 12.4. The monoisotopic (exact) mass is 231 g/mol. The van der Waals surface area contributed by atoms with Gasteiger partial charge in [0.25, 0.3) is 5.91 Å². The number of carbonyl (C=O) groups is 1. The van der Waals surface area contributed by atoms with Crippen LogP contribution in [0.25, 0.3) is 11.0 Å². The van der Waals surface area contributed by atoms with E-state index in [4.69, 9.17) is 4.42 Å². The summed E-state index contributed by atoms with van der Waals surface area (Å²) in [5.41, 5.74) is 2.86. The molecule has 0 saturated carbocycles. The van der Waals surface area contributed by atoms with Crippen LogP contribution in [0.3, 0.4) is 0 Å². The van der Waals surface area contributed by atoms with Gasteiger partial charge in [-0.25, -0.2) is 0 Å². The molecule has 0 unspecified atom stereocenters. The molecule has 1 heterocycles. The van der Waals surface area contributed by atoms with Gasteiger partial charge in [-0.3, -0.25) is 4.79 Å². The van der Waals surface area contributed by atoms with Crippen molar-refractivity contribution in [2.24, 2.45) is 0 Å². The van der Waals surface area contributed by atoms with Gasteiger partial charge in [-0.15, -0.1) is 0 Å². The lowest BCUT2D eigenvalue weighted by Gasteiger charge is -2.00. The minimum Gasteiger partial charge on any atom is -0.451 e. The zero-order valence-corrected chi connectivity index (χ0v) is 10.5. The number of hydrogen-bond acceptors (Lipinski definition) is 2. The number of carbonyl (C=O) groups excluding carboxylic acids is 1. The molecule has 0 atom stereocenters. The van der Waals surface area contributed by atoms with E-state index in [0.29, 0.717) is 12.3 Å². The maximum Gasteiger partial charge on any atom is 0.287 e. The van der Waals surface area contributed by atoms with Crippen molar-refractivity contribution in [3.63, 3.8) is 0 Å². The molecular formula is C14H17NO2. The molecule has 0 aliphatic rings. The molecule has 1 N–H and O–H groups in total. The highest BCUT2D eigenvalue weighted by molar-refractivity contribution is 5.99. The van der Waals surface area contributed by atoms with Crippen molar-refractivity contribution in [2.45, 2.75) is 27.2 Å². The van der Waals surface area contributed by atoms with E-state index in [1.165, 1.54) is 5.56 Å². The first kappa shape index (κ1) is 11.7. The first-order valence-electron chi connectivity index (χ1n) is 5.91. The van der Waals surface area contributed by atoms with Crippen LogP contribution in [0.15, 0.2) is 22.6 Å². The molecule has 1 aromatic heterocycles. The van der Waals surface area contributed by atoms with E-state index in [0.717, 1.165) is 23.0 Å². The zero-order valence-electron chi connectivity index (χ0n) is 10.5. The van der Waals surface area contributed by atoms with Gasteiger partial charge in [-0.1, -0.05) is 18.6 Å². The minimum atomic E-state index is -0.127. The topological polar surface area (TPSA) is 42.2 Å². The molecule has 0 aliphatic heterocycles. The number of rotatable bonds is 3. The molecule has 90 valence electrons. The molecule has 3 heteroatoms. The van der Waals surface area contributed by atoms with Crippen LogP contribution in [-0.4, -0.2) is 12.5 Å². The van der Waals surface area contributed by atoms with Gasteiger partial charge in [0.2, 0.25) is 0 Å². The Morgan fingerprint density at radius 3 is 2.82 bits per heavy atom. The Morgan fingerprint density at radius 2 is 2.12 bits per heavy atom. The van der Waals surface area contributed by atoms with Crippen LogP contribution < -0.4 is 5.32 Å². The normalized spacial score (nSPS) is 10.8. The third-order valence-electron chi connectivity index (χ3n) is 2.83. The molecule has 1 aromatic carbocycles. The summed E-state index contributed by atoms with van der Waals surface area (Å²) in [4.78, 5) is 11.9. The van der Waals surface area contributed by atoms with Gasteiger partial charge in [0.1, 0.15) is 5.58 Å². The Hall–Kier alpha value is -1.77. The van der Waals surface area contributed by atoms with E-state index in [9.17, 15) is 4.79 Å². The van der Waals surface area contributed by atoms with Crippen LogP contribution in [0.4, 0.5) is 0 Å². The Labute approximate surface area is 101 Å². The molecule has 0 radical (unpaired) electrons. The fraction of sp³-hybridized carbons (Fsp3) is 0.357. The predicted octanol–water partition coefficient (Wildman–Crippen LogP) is 3.19. The van der Waals surface area contributed by atoms with E-state index < -0.39 is 0 Å². The standard InChI is InChI=1S/C14H17NO2/c1-4-7-15-14(16)13-10(3)11-8-9(2)5-6-12(11)17-13/h5-6,8H,4,7H2,1-3H3,(H,15,16). The molecule has 17 heavy (non-hydrogen) atoms. The highest BCUT2D eigenvalue weighted by Crippen LogP contribution is 2.25. The molecule has 2 rings (SSSR count). The summed E-state index contributed by atoms with van der Waals surface area (Å²) in [6.07, 6.45) is 0.921. The molecule has 0 fully saturated rings. The summed E-state index contributed by atoms with van der Waals surface area (Å²) in [7, 11) is 0. The fourth-order valence-electron chi connectivity index (χ4n) is 1.87. The number of furan rings is 1. The van der Waals surface area contributed by atoms with Gasteiger partial charge in [0, 0.05) is 17.5 Å². The third-order valence-corrected chi connectivity index (χ3v) is 2.83. The molecule has 3 nitrogen and oxygen atoms in total. The maximum absolute atomic E-state index is 11.9. The molecule has 2 aromatic rings. The number of aryl methyl sites for hydroxylation is 2. The Kier molecular flexibility index (Phi) is 3.18. The number of benzene rings is 1. The van der Waals surface area contributed by atoms with Crippen LogP contribution in [0.5, 0.6) is 0 Å². The van der Waals surface area contributed by atoms with Crippen LogP contribution >= 0.6 is 0 Å². The lowest BCUT2D eigenvalue weighted by Crippen LogP contribution is -2.24. The summed E-state index contributed by atoms with van der Waals surface area (Å²) in [6.45, 7) is 6.65. The summed E-state index contributed by atoms with van der Waals surface area (Å²) < 4.78 is 5.60. The first-order chi connectivity index (χ1) is 8.13. The van der Waals surface area contributed by atoms with Crippen molar-refractivity contribution in [1.82, 2.24) is 5.32 Å². The summed E-state index contributed by atoms with van der Waals surface area (Å²) in [5.74, 6) is 0.303. The number of hydrogen-bond donors (Lipinski definition) is 1. The second-order valence-electron chi connectivity index (χ2n) is 4.31. The molecule has 0 bridgehead atoms.